The largest absolute Gasteiger partial charge is 0.379 e. The lowest BCUT2D eigenvalue weighted by molar-refractivity contribution is 0.00791. The minimum absolute atomic E-state index is 0.430. The van der Waals surface area contributed by atoms with Gasteiger partial charge in [-0.25, -0.2) is 9.97 Å². The van der Waals surface area contributed by atoms with Crippen LogP contribution in [0, 0.1) is 11.3 Å². The maximum Gasteiger partial charge on any atom is 0.137 e. The van der Waals surface area contributed by atoms with E-state index in [4.69, 9.17) is 4.74 Å². The van der Waals surface area contributed by atoms with E-state index in [2.05, 4.69) is 32.3 Å². The van der Waals surface area contributed by atoms with E-state index in [0.29, 0.717) is 17.6 Å². The van der Waals surface area contributed by atoms with E-state index in [0.717, 1.165) is 67.0 Å². The highest BCUT2D eigenvalue weighted by Crippen LogP contribution is 2.32. The molecule has 5 rings (SSSR count). The van der Waals surface area contributed by atoms with E-state index >= 15 is 0 Å². The predicted octanol–water partition coefficient (Wildman–Crippen LogP) is 4.29. The third-order valence-electron chi connectivity index (χ3n) is 6.33. The highest BCUT2D eigenvalue weighted by molar-refractivity contribution is 7.08. The first-order valence-corrected chi connectivity index (χ1v) is 11.6. The molecule has 1 aliphatic carbocycles. The Kier molecular flexibility index (Phi) is 5.63. The standard InChI is InChI=1S/C23H25N5OS/c24-12-17-13-30-14-21(17)16-1-6-22-20(11-16)23(26-15-25-22)27-18-2-4-19(5-3-18)28-7-9-29-10-8-28/h1,6,11,13-15,18-19H,2-5,7-10H2,(H,25,26,27)/t18-,19-. The van der Waals surface area contributed by atoms with Crippen LogP contribution in [0.15, 0.2) is 35.3 Å². The molecule has 1 N–H and O–H groups in total. The summed E-state index contributed by atoms with van der Waals surface area (Å²) >= 11 is 1.55. The summed E-state index contributed by atoms with van der Waals surface area (Å²) in [7, 11) is 0. The molecule has 1 aliphatic heterocycles. The molecular formula is C23H25N5OS. The van der Waals surface area contributed by atoms with Crippen molar-refractivity contribution in [3.05, 3.63) is 40.8 Å². The minimum atomic E-state index is 0.430. The van der Waals surface area contributed by atoms with Crippen molar-refractivity contribution in [2.75, 3.05) is 31.6 Å². The van der Waals surface area contributed by atoms with Crippen LogP contribution in [-0.4, -0.2) is 53.3 Å². The summed E-state index contributed by atoms with van der Waals surface area (Å²) in [6, 6.07) is 9.57. The maximum atomic E-state index is 9.38. The summed E-state index contributed by atoms with van der Waals surface area (Å²) in [5.41, 5.74) is 3.65. The summed E-state index contributed by atoms with van der Waals surface area (Å²) in [5.74, 6) is 0.894. The van der Waals surface area contributed by atoms with Crippen LogP contribution in [0.25, 0.3) is 22.0 Å². The zero-order valence-corrected chi connectivity index (χ0v) is 17.7. The third-order valence-corrected chi connectivity index (χ3v) is 7.07. The number of ether oxygens (including phenoxy) is 1. The summed E-state index contributed by atoms with van der Waals surface area (Å²) in [4.78, 5) is 11.6. The fraction of sp³-hybridized carbons (Fsp3) is 0.435. The molecule has 0 spiro atoms. The number of rotatable bonds is 4. The summed E-state index contributed by atoms with van der Waals surface area (Å²) < 4.78 is 5.50. The average molecular weight is 420 g/mol. The Morgan fingerprint density at radius 3 is 2.73 bits per heavy atom. The van der Waals surface area contributed by atoms with Crippen LogP contribution in [-0.2, 0) is 4.74 Å². The Bertz CT molecular complexity index is 1060. The molecule has 3 heterocycles. The van der Waals surface area contributed by atoms with Gasteiger partial charge in [-0.15, -0.1) is 0 Å². The van der Waals surface area contributed by atoms with Gasteiger partial charge in [-0.05, 0) is 48.8 Å². The minimum Gasteiger partial charge on any atom is -0.379 e. The molecule has 0 radical (unpaired) electrons. The molecular weight excluding hydrogens is 394 g/mol. The molecule has 2 aliphatic rings. The van der Waals surface area contributed by atoms with Gasteiger partial charge >= 0.3 is 0 Å². The van der Waals surface area contributed by atoms with Crippen molar-refractivity contribution < 1.29 is 4.74 Å². The zero-order valence-electron chi connectivity index (χ0n) is 16.9. The number of hydrogen-bond donors (Lipinski definition) is 1. The van der Waals surface area contributed by atoms with E-state index in [1.807, 2.05) is 22.9 Å². The molecule has 2 aromatic heterocycles. The van der Waals surface area contributed by atoms with Gasteiger partial charge in [0.15, 0.2) is 0 Å². The molecule has 1 saturated carbocycles. The quantitative estimate of drug-likeness (QED) is 0.680. The Morgan fingerprint density at radius 1 is 1.10 bits per heavy atom. The number of nitrogens with zero attached hydrogens (tertiary/aromatic N) is 4. The molecule has 30 heavy (non-hydrogen) atoms. The Hall–Kier alpha value is -2.53. The Morgan fingerprint density at radius 2 is 1.93 bits per heavy atom. The Labute approximate surface area is 180 Å². The van der Waals surface area contributed by atoms with Crippen LogP contribution in [0.5, 0.6) is 0 Å². The van der Waals surface area contributed by atoms with Crippen molar-refractivity contribution in [2.24, 2.45) is 0 Å². The first kappa shape index (κ1) is 19.4. The molecule has 1 aromatic carbocycles. The molecule has 2 fully saturated rings. The smallest absolute Gasteiger partial charge is 0.137 e. The summed E-state index contributed by atoms with van der Waals surface area (Å²) in [5, 5.41) is 18.0. The fourth-order valence-corrected chi connectivity index (χ4v) is 5.45. The molecule has 0 bridgehead atoms. The molecule has 0 atom stereocenters. The van der Waals surface area contributed by atoms with Gasteiger partial charge in [0.2, 0.25) is 0 Å². The van der Waals surface area contributed by atoms with Gasteiger partial charge in [0.05, 0.1) is 24.3 Å². The number of fused-ring (bicyclic) bond motifs is 1. The van der Waals surface area contributed by atoms with E-state index in [9.17, 15) is 5.26 Å². The first-order valence-electron chi connectivity index (χ1n) is 10.6. The van der Waals surface area contributed by atoms with Gasteiger partial charge in [0, 0.05) is 41.5 Å². The van der Waals surface area contributed by atoms with E-state index < -0.39 is 0 Å². The molecule has 3 aromatic rings. The van der Waals surface area contributed by atoms with Crippen molar-refractivity contribution in [3.8, 4) is 17.2 Å². The van der Waals surface area contributed by atoms with Crippen molar-refractivity contribution in [1.82, 2.24) is 14.9 Å². The Balaban J connectivity index is 1.33. The summed E-state index contributed by atoms with van der Waals surface area (Å²) in [6.45, 7) is 3.86. The molecule has 154 valence electrons. The van der Waals surface area contributed by atoms with Crippen LogP contribution in [0.2, 0.25) is 0 Å². The van der Waals surface area contributed by atoms with E-state index in [1.54, 1.807) is 17.7 Å². The molecule has 7 heteroatoms. The van der Waals surface area contributed by atoms with E-state index in [-0.39, 0.29) is 0 Å². The van der Waals surface area contributed by atoms with Crippen LogP contribution < -0.4 is 5.32 Å². The van der Waals surface area contributed by atoms with Crippen LogP contribution in [0.4, 0.5) is 5.82 Å². The van der Waals surface area contributed by atoms with Gasteiger partial charge in [-0.1, -0.05) is 6.07 Å². The van der Waals surface area contributed by atoms with Crippen LogP contribution >= 0.6 is 11.3 Å². The lowest BCUT2D eigenvalue weighted by Gasteiger charge is -2.39. The summed E-state index contributed by atoms with van der Waals surface area (Å²) in [6.07, 6.45) is 6.36. The molecule has 0 amide bonds. The SMILES string of the molecule is N#Cc1cscc1-c1ccc2ncnc(N[C@H]3CC[C@H](N4CCOCC4)CC3)c2c1. The monoisotopic (exact) mass is 419 g/mol. The van der Waals surface area contributed by atoms with Crippen LogP contribution in [0.1, 0.15) is 31.2 Å². The maximum absolute atomic E-state index is 9.38. The fourth-order valence-electron chi connectivity index (χ4n) is 4.67. The van der Waals surface area contributed by atoms with Crippen LogP contribution in [0.3, 0.4) is 0 Å². The first-order chi connectivity index (χ1) is 14.8. The highest BCUT2D eigenvalue weighted by atomic mass is 32.1. The normalized spacial score (nSPS) is 22.6. The second kappa shape index (κ2) is 8.68. The van der Waals surface area contributed by atoms with Crippen molar-refractivity contribution in [2.45, 2.75) is 37.8 Å². The molecule has 6 nitrogen and oxygen atoms in total. The van der Waals surface area contributed by atoms with Gasteiger partial charge in [-0.3, -0.25) is 4.90 Å². The second-order valence-electron chi connectivity index (χ2n) is 8.06. The van der Waals surface area contributed by atoms with Crippen molar-refractivity contribution >= 4 is 28.1 Å². The average Bonchev–Trinajstić information content (AvgIpc) is 3.29. The predicted molar refractivity (Wildman–Crippen MR) is 120 cm³/mol. The van der Waals surface area contributed by atoms with E-state index in [1.165, 1.54) is 12.8 Å². The molecule has 1 saturated heterocycles. The second-order valence-corrected chi connectivity index (χ2v) is 8.81. The van der Waals surface area contributed by atoms with Gasteiger partial charge in [0.1, 0.15) is 18.2 Å². The molecule has 0 unspecified atom stereocenters. The van der Waals surface area contributed by atoms with Crippen molar-refractivity contribution in [1.29, 1.82) is 5.26 Å². The van der Waals surface area contributed by atoms with Gasteiger partial charge in [0.25, 0.3) is 0 Å². The number of morpholine rings is 1. The highest BCUT2D eigenvalue weighted by Gasteiger charge is 2.27. The number of thiophene rings is 1. The number of benzene rings is 1. The topological polar surface area (TPSA) is 74.1 Å². The number of anilines is 1. The number of nitriles is 1. The van der Waals surface area contributed by atoms with Gasteiger partial charge < -0.3 is 10.1 Å². The third kappa shape index (κ3) is 3.91. The number of hydrogen-bond acceptors (Lipinski definition) is 7. The number of aromatic nitrogens is 2. The van der Waals surface area contributed by atoms with Gasteiger partial charge in [-0.2, -0.15) is 16.6 Å². The number of nitrogens with one attached hydrogen (secondary N) is 1. The lowest BCUT2D eigenvalue weighted by atomic mass is 9.90. The zero-order chi connectivity index (χ0) is 20.3. The van der Waals surface area contributed by atoms with Crippen molar-refractivity contribution in [3.63, 3.8) is 0 Å². The lowest BCUT2D eigenvalue weighted by Crippen LogP contribution is -2.46.